The molecule has 1 aromatic carbocycles. The summed E-state index contributed by atoms with van der Waals surface area (Å²) in [5, 5.41) is 7.18. The quantitative estimate of drug-likeness (QED) is 0.610. The van der Waals surface area contributed by atoms with Crippen molar-refractivity contribution < 1.29 is 0 Å². The molecule has 0 atom stereocenters. The molecule has 3 heteroatoms. The Kier molecular flexibility index (Phi) is 1.83. The summed E-state index contributed by atoms with van der Waals surface area (Å²) in [7, 11) is 0. The highest BCUT2D eigenvalue weighted by Gasteiger charge is 2.34. The average Bonchev–Trinajstić information content (AvgIpc) is 2.79. The molecule has 0 amide bonds. The molecule has 0 bridgehead atoms. The highest BCUT2D eigenvalue weighted by atomic mass is 15.3. The largest absolute Gasteiger partial charge is 0.254 e. The number of pyridine rings is 1. The first-order chi connectivity index (χ1) is 9.09. The Balaban J connectivity index is 2.27. The van der Waals surface area contributed by atoms with Crippen molar-refractivity contribution in [1.29, 1.82) is 0 Å². The lowest BCUT2D eigenvalue weighted by Crippen LogP contribution is -2.32. The minimum atomic E-state index is -0.140. The number of benzene rings is 1. The predicted molar refractivity (Wildman–Crippen MR) is 76.1 cm³/mol. The van der Waals surface area contributed by atoms with Crippen LogP contribution in [0.25, 0.3) is 22.2 Å². The number of aryl methyl sites for hydroxylation is 1. The Morgan fingerprint density at radius 3 is 2.84 bits per heavy atom. The van der Waals surface area contributed by atoms with E-state index < -0.39 is 0 Å². The fourth-order valence-corrected chi connectivity index (χ4v) is 3.14. The molecule has 94 valence electrons. The van der Waals surface area contributed by atoms with Gasteiger partial charge < -0.3 is 0 Å². The van der Waals surface area contributed by atoms with Crippen LogP contribution in [0.2, 0.25) is 0 Å². The molecule has 19 heavy (non-hydrogen) atoms. The molecule has 3 aromatic rings. The fraction of sp³-hybridized carbons (Fsp3) is 0.250. The van der Waals surface area contributed by atoms with Crippen LogP contribution in [0.5, 0.6) is 0 Å². The van der Waals surface area contributed by atoms with E-state index in [1.807, 2.05) is 13.1 Å². The zero-order chi connectivity index (χ0) is 13.2. The molecule has 1 aliphatic heterocycles. The lowest BCUT2D eigenvalue weighted by Gasteiger charge is -2.33. The molecule has 0 saturated heterocycles. The average molecular weight is 249 g/mol. The second kappa shape index (κ2) is 3.23. The van der Waals surface area contributed by atoms with Crippen LogP contribution in [-0.2, 0) is 5.54 Å². The Morgan fingerprint density at radius 2 is 2.00 bits per heavy atom. The third-order valence-electron chi connectivity index (χ3n) is 4.05. The Morgan fingerprint density at radius 1 is 1.16 bits per heavy atom. The van der Waals surface area contributed by atoms with Crippen molar-refractivity contribution in [3.63, 3.8) is 0 Å². The predicted octanol–water partition coefficient (Wildman–Crippen LogP) is 3.50. The van der Waals surface area contributed by atoms with Crippen molar-refractivity contribution in [3.05, 3.63) is 47.8 Å². The fourth-order valence-electron chi connectivity index (χ4n) is 3.14. The number of fused-ring (bicyclic) bond motifs is 2. The SMILES string of the molecule is Cc1cc2n(n1)C(C)(C)c1cccc3ccnc-2c13. The van der Waals surface area contributed by atoms with Gasteiger partial charge in [0.15, 0.2) is 0 Å². The molecule has 0 saturated carbocycles. The van der Waals surface area contributed by atoms with Crippen molar-refractivity contribution >= 4 is 10.8 Å². The van der Waals surface area contributed by atoms with Gasteiger partial charge in [0.05, 0.1) is 22.6 Å². The van der Waals surface area contributed by atoms with Gasteiger partial charge in [-0.1, -0.05) is 18.2 Å². The monoisotopic (exact) mass is 249 g/mol. The van der Waals surface area contributed by atoms with Gasteiger partial charge in [-0.2, -0.15) is 5.10 Å². The molecule has 1 aliphatic rings. The second-order valence-electron chi connectivity index (χ2n) is 5.71. The maximum absolute atomic E-state index is 4.67. The molecule has 0 fully saturated rings. The Hall–Kier alpha value is -2.16. The van der Waals surface area contributed by atoms with Gasteiger partial charge in [-0.25, -0.2) is 0 Å². The highest BCUT2D eigenvalue weighted by molar-refractivity contribution is 5.98. The smallest absolute Gasteiger partial charge is 0.0965 e. The van der Waals surface area contributed by atoms with Gasteiger partial charge in [0, 0.05) is 11.6 Å². The van der Waals surface area contributed by atoms with Crippen LogP contribution < -0.4 is 0 Å². The summed E-state index contributed by atoms with van der Waals surface area (Å²) in [5.41, 5.74) is 4.36. The molecular weight excluding hydrogens is 234 g/mol. The summed E-state index contributed by atoms with van der Waals surface area (Å²) < 4.78 is 2.10. The molecule has 4 rings (SSSR count). The van der Waals surface area contributed by atoms with E-state index >= 15 is 0 Å². The normalized spacial score (nSPS) is 15.5. The molecule has 0 unspecified atom stereocenters. The summed E-state index contributed by atoms with van der Waals surface area (Å²) in [6.45, 7) is 6.47. The number of hydrogen-bond donors (Lipinski definition) is 0. The Labute approximate surface area is 111 Å². The first-order valence-corrected chi connectivity index (χ1v) is 6.55. The summed E-state index contributed by atoms with van der Waals surface area (Å²) >= 11 is 0. The van der Waals surface area contributed by atoms with E-state index in [0.29, 0.717) is 0 Å². The van der Waals surface area contributed by atoms with Gasteiger partial charge in [0.1, 0.15) is 0 Å². The van der Waals surface area contributed by atoms with Crippen molar-refractivity contribution in [3.8, 4) is 11.4 Å². The van der Waals surface area contributed by atoms with E-state index in [4.69, 9.17) is 0 Å². The van der Waals surface area contributed by atoms with E-state index in [-0.39, 0.29) is 5.54 Å². The van der Waals surface area contributed by atoms with Gasteiger partial charge >= 0.3 is 0 Å². The van der Waals surface area contributed by atoms with E-state index in [1.165, 1.54) is 16.3 Å². The lowest BCUT2D eigenvalue weighted by molar-refractivity contribution is 0.392. The van der Waals surface area contributed by atoms with Crippen LogP contribution in [0, 0.1) is 6.92 Å². The molecule has 3 nitrogen and oxygen atoms in total. The zero-order valence-electron chi connectivity index (χ0n) is 11.3. The zero-order valence-corrected chi connectivity index (χ0v) is 11.3. The maximum Gasteiger partial charge on any atom is 0.0965 e. The third-order valence-corrected chi connectivity index (χ3v) is 4.05. The van der Waals surface area contributed by atoms with Gasteiger partial charge in [-0.3, -0.25) is 9.67 Å². The summed E-state index contributed by atoms with van der Waals surface area (Å²) in [4.78, 5) is 4.60. The number of nitrogens with zero attached hydrogens (tertiary/aromatic N) is 3. The summed E-state index contributed by atoms with van der Waals surface area (Å²) in [6, 6.07) is 10.7. The number of hydrogen-bond acceptors (Lipinski definition) is 2. The molecule has 0 N–H and O–H groups in total. The lowest BCUT2D eigenvalue weighted by atomic mass is 9.85. The molecule has 2 aromatic heterocycles. The van der Waals surface area contributed by atoms with E-state index in [2.05, 4.69) is 58.9 Å². The van der Waals surface area contributed by atoms with Crippen molar-refractivity contribution in [1.82, 2.24) is 14.8 Å². The Bertz CT molecular complexity index is 807. The minimum Gasteiger partial charge on any atom is -0.254 e. The number of aromatic nitrogens is 3. The van der Waals surface area contributed by atoms with Crippen LogP contribution >= 0.6 is 0 Å². The van der Waals surface area contributed by atoms with E-state index in [1.54, 1.807) is 0 Å². The van der Waals surface area contributed by atoms with Crippen LogP contribution in [0.15, 0.2) is 36.5 Å². The minimum absolute atomic E-state index is 0.140. The number of rotatable bonds is 0. The van der Waals surface area contributed by atoms with Crippen LogP contribution in [0.4, 0.5) is 0 Å². The summed E-state index contributed by atoms with van der Waals surface area (Å²) in [5.74, 6) is 0. The van der Waals surface area contributed by atoms with Crippen molar-refractivity contribution in [2.45, 2.75) is 26.3 Å². The van der Waals surface area contributed by atoms with Gasteiger partial charge in [-0.15, -0.1) is 0 Å². The third kappa shape index (κ3) is 1.22. The first-order valence-electron chi connectivity index (χ1n) is 6.55. The standard InChI is InChI=1S/C16H15N3/c1-10-9-13-15-14-11(7-8-17-15)5-4-6-12(14)16(2,3)19(13)18-10/h4-9H,1-3H3. The van der Waals surface area contributed by atoms with Crippen molar-refractivity contribution in [2.24, 2.45) is 0 Å². The van der Waals surface area contributed by atoms with Gasteiger partial charge in [0.2, 0.25) is 0 Å². The van der Waals surface area contributed by atoms with Gasteiger partial charge in [-0.05, 0) is 43.9 Å². The maximum atomic E-state index is 4.67. The molecule has 0 spiro atoms. The summed E-state index contributed by atoms with van der Waals surface area (Å²) in [6.07, 6.45) is 1.88. The van der Waals surface area contributed by atoms with Crippen LogP contribution in [0.1, 0.15) is 25.1 Å². The highest BCUT2D eigenvalue weighted by Crippen LogP contribution is 2.42. The van der Waals surface area contributed by atoms with Gasteiger partial charge in [0.25, 0.3) is 0 Å². The first kappa shape index (κ1) is 10.7. The van der Waals surface area contributed by atoms with E-state index in [0.717, 1.165) is 17.1 Å². The van der Waals surface area contributed by atoms with Crippen molar-refractivity contribution in [2.75, 3.05) is 0 Å². The molecule has 0 aliphatic carbocycles. The van der Waals surface area contributed by atoms with Crippen LogP contribution in [0.3, 0.4) is 0 Å². The molecule has 3 heterocycles. The topological polar surface area (TPSA) is 30.7 Å². The second-order valence-corrected chi connectivity index (χ2v) is 5.71. The molecular formula is C16H15N3. The van der Waals surface area contributed by atoms with E-state index in [9.17, 15) is 0 Å². The van der Waals surface area contributed by atoms with Crippen LogP contribution in [-0.4, -0.2) is 14.8 Å². The molecule has 0 radical (unpaired) electrons.